The number of hydrogen-bond donors (Lipinski definition) is 0. The number of ketones is 1. The number of carbonyl (C=O) groups excluding carboxylic acids is 1. The Hall–Kier alpha value is -3.10. The van der Waals surface area contributed by atoms with Gasteiger partial charge in [-0.2, -0.15) is 0 Å². The van der Waals surface area contributed by atoms with Gasteiger partial charge in [-0.05, 0) is 72.9 Å². The summed E-state index contributed by atoms with van der Waals surface area (Å²) in [4.78, 5) is 12.6. The highest BCUT2D eigenvalue weighted by Crippen LogP contribution is 2.39. The molecule has 3 saturated carbocycles. The summed E-state index contributed by atoms with van der Waals surface area (Å²) in [6, 6.07) is 24.0. The van der Waals surface area contributed by atoms with Crippen molar-refractivity contribution in [3.63, 3.8) is 0 Å². The van der Waals surface area contributed by atoms with Gasteiger partial charge in [0.05, 0.1) is 0 Å². The number of aromatic nitrogens is 1. The van der Waals surface area contributed by atoms with Gasteiger partial charge >= 0.3 is 0 Å². The Morgan fingerprint density at radius 1 is 0.867 bits per heavy atom. The van der Waals surface area contributed by atoms with Gasteiger partial charge in [-0.3, -0.25) is 4.79 Å². The van der Waals surface area contributed by atoms with Crippen molar-refractivity contribution >= 4 is 28.3 Å². The van der Waals surface area contributed by atoms with Gasteiger partial charge in [0.1, 0.15) is 0 Å². The molecule has 3 aliphatic rings. The largest absolute Gasteiger partial charge is 0.344 e. The first kappa shape index (κ1) is 34.8. The molecule has 0 aliphatic heterocycles. The second-order valence-electron chi connectivity index (χ2n) is 13.1. The van der Waals surface area contributed by atoms with E-state index in [0.717, 1.165) is 42.3 Å². The number of fused-ring (bicyclic) bond motifs is 1. The third-order valence-corrected chi connectivity index (χ3v) is 9.75. The quantitative estimate of drug-likeness (QED) is 0.103. The highest BCUT2D eigenvalue weighted by molar-refractivity contribution is 6.31. The van der Waals surface area contributed by atoms with Gasteiger partial charge in [-0.25, -0.2) is 0 Å². The lowest BCUT2D eigenvalue weighted by atomic mass is 9.79. The Morgan fingerprint density at radius 2 is 1.56 bits per heavy atom. The van der Waals surface area contributed by atoms with Gasteiger partial charge in [-0.15, -0.1) is 6.58 Å². The Kier molecular flexibility index (Phi) is 14.5. The third-order valence-electron chi connectivity index (χ3n) is 9.51. The Bertz CT molecular complexity index is 1450. The fourth-order valence-electron chi connectivity index (χ4n) is 5.77. The predicted molar refractivity (Wildman–Crippen MR) is 195 cm³/mol. The van der Waals surface area contributed by atoms with Crippen molar-refractivity contribution in [3.05, 3.63) is 119 Å². The zero-order valence-corrected chi connectivity index (χ0v) is 28.5. The van der Waals surface area contributed by atoms with Crippen molar-refractivity contribution in [2.75, 3.05) is 0 Å². The molecule has 4 aromatic rings. The molecule has 1 aromatic heterocycles. The number of carbonyl (C=O) groups is 1. The number of aryl methyl sites for hydroxylation is 1. The number of benzene rings is 3. The number of rotatable bonds is 9. The number of halogens is 1. The summed E-state index contributed by atoms with van der Waals surface area (Å²) in [5.41, 5.74) is 5.44. The van der Waals surface area contributed by atoms with Crippen molar-refractivity contribution in [2.24, 2.45) is 5.92 Å². The first-order valence-corrected chi connectivity index (χ1v) is 18.0. The Morgan fingerprint density at radius 3 is 2.11 bits per heavy atom. The van der Waals surface area contributed by atoms with Gasteiger partial charge < -0.3 is 4.57 Å². The molecule has 3 aromatic carbocycles. The molecule has 0 unspecified atom stereocenters. The van der Waals surface area contributed by atoms with E-state index in [0.29, 0.717) is 10.6 Å². The van der Waals surface area contributed by atoms with E-state index in [1.165, 1.54) is 88.0 Å². The van der Waals surface area contributed by atoms with Crippen LogP contribution in [0.1, 0.15) is 130 Å². The number of unbranched alkanes of at least 4 members (excludes halogenated alkanes) is 2. The highest BCUT2D eigenvalue weighted by atomic mass is 35.5. The minimum Gasteiger partial charge on any atom is -0.344 e. The molecule has 240 valence electrons. The van der Waals surface area contributed by atoms with E-state index in [9.17, 15) is 4.79 Å². The van der Waals surface area contributed by atoms with E-state index in [1.54, 1.807) is 11.6 Å². The van der Waals surface area contributed by atoms with E-state index in [4.69, 9.17) is 11.6 Å². The average molecular weight is 624 g/mol. The van der Waals surface area contributed by atoms with Crippen molar-refractivity contribution in [3.8, 4) is 0 Å². The molecule has 2 nitrogen and oxygen atoms in total. The molecular formula is C42H54ClNO. The van der Waals surface area contributed by atoms with Crippen LogP contribution >= 0.6 is 11.6 Å². The van der Waals surface area contributed by atoms with Gasteiger partial charge in [0.25, 0.3) is 0 Å². The van der Waals surface area contributed by atoms with Crippen LogP contribution in [0.2, 0.25) is 5.02 Å². The lowest BCUT2D eigenvalue weighted by Crippen LogP contribution is -2.08. The van der Waals surface area contributed by atoms with Crippen LogP contribution in [0.25, 0.3) is 10.9 Å². The maximum Gasteiger partial charge on any atom is 0.193 e. The summed E-state index contributed by atoms with van der Waals surface area (Å²) in [6.07, 6.45) is 23.1. The summed E-state index contributed by atoms with van der Waals surface area (Å²) in [6.45, 7) is 9.19. The molecule has 0 atom stereocenters. The second-order valence-corrected chi connectivity index (χ2v) is 13.5. The van der Waals surface area contributed by atoms with Crippen molar-refractivity contribution in [2.45, 2.75) is 116 Å². The van der Waals surface area contributed by atoms with Crippen molar-refractivity contribution in [1.29, 1.82) is 0 Å². The van der Waals surface area contributed by atoms with Crippen molar-refractivity contribution < 1.29 is 4.79 Å². The zero-order chi connectivity index (χ0) is 31.9. The van der Waals surface area contributed by atoms with Gasteiger partial charge in [-0.1, -0.05) is 144 Å². The lowest BCUT2D eigenvalue weighted by Gasteiger charge is -2.26. The maximum atomic E-state index is 12.6. The van der Waals surface area contributed by atoms with Crippen molar-refractivity contribution in [1.82, 2.24) is 4.57 Å². The van der Waals surface area contributed by atoms with E-state index in [1.807, 2.05) is 48.5 Å². The SMILES string of the molecule is C1CCC1.C=CCn1ccc2c(C3CCC3)cccc21.CC1CCC1.CCCCCc1ccc(Cl)cc1C(=O)c1ccccc1. The minimum atomic E-state index is 0.0552. The molecule has 45 heavy (non-hydrogen) atoms. The molecule has 0 saturated heterocycles. The van der Waals surface area contributed by atoms with Gasteiger partial charge in [0, 0.05) is 39.8 Å². The normalized spacial score (nSPS) is 15.4. The average Bonchev–Trinajstić information content (AvgIpc) is 3.40. The monoisotopic (exact) mass is 623 g/mol. The summed E-state index contributed by atoms with van der Waals surface area (Å²) in [5, 5.41) is 2.05. The molecule has 3 heteroatoms. The first-order chi connectivity index (χ1) is 22.0. The zero-order valence-electron chi connectivity index (χ0n) is 27.8. The predicted octanol–water partition coefficient (Wildman–Crippen LogP) is 12.8. The molecule has 0 radical (unpaired) electrons. The standard InChI is InChI=1S/C18H19ClO.C15H17N.C5H10.C4H8/c1-2-3-5-8-14-11-12-16(19)13-17(14)18(20)15-9-6-4-7-10-15;1-2-10-16-11-9-14-13(12-5-3-6-12)7-4-8-15(14)16;1-5-3-2-4-5;1-2-4-3-1/h4,6-7,9-13H,2-3,5,8H2,1H3;2,4,7-9,11-12H,1,3,5-6,10H2;5H,2-4H2,1H3;1-4H2. The number of nitrogens with zero attached hydrogens (tertiary/aromatic N) is 1. The summed E-state index contributed by atoms with van der Waals surface area (Å²) >= 11 is 6.06. The Balaban J connectivity index is 0.000000162. The molecular weight excluding hydrogens is 570 g/mol. The highest BCUT2D eigenvalue weighted by Gasteiger charge is 2.21. The molecule has 1 heterocycles. The van der Waals surface area contributed by atoms with Gasteiger partial charge in [0.2, 0.25) is 0 Å². The summed E-state index contributed by atoms with van der Waals surface area (Å²) in [7, 11) is 0. The molecule has 7 rings (SSSR count). The van der Waals surface area contributed by atoms with Crippen LogP contribution in [0.5, 0.6) is 0 Å². The van der Waals surface area contributed by atoms with E-state index < -0.39 is 0 Å². The molecule has 0 bridgehead atoms. The summed E-state index contributed by atoms with van der Waals surface area (Å²) in [5.74, 6) is 1.93. The fourth-order valence-corrected chi connectivity index (χ4v) is 5.94. The number of hydrogen-bond acceptors (Lipinski definition) is 1. The van der Waals surface area contributed by atoms with E-state index in [2.05, 4.69) is 55.5 Å². The van der Waals surface area contributed by atoms with Crippen LogP contribution < -0.4 is 0 Å². The van der Waals surface area contributed by atoms with Gasteiger partial charge in [0.15, 0.2) is 5.78 Å². The van der Waals surface area contributed by atoms with E-state index in [-0.39, 0.29) is 5.78 Å². The lowest BCUT2D eigenvalue weighted by molar-refractivity contribution is 0.103. The topological polar surface area (TPSA) is 22.0 Å². The van der Waals surface area contributed by atoms with Crippen LogP contribution in [-0.4, -0.2) is 10.4 Å². The Labute approximate surface area is 277 Å². The molecule has 3 fully saturated rings. The second kappa shape index (κ2) is 18.8. The van der Waals surface area contributed by atoms with Crippen LogP contribution in [0.4, 0.5) is 0 Å². The van der Waals surface area contributed by atoms with Crippen LogP contribution in [0, 0.1) is 5.92 Å². The van der Waals surface area contributed by atoms with Crippen LogP contribution in [0.15, 0.2) is 91.6 Å². The molecule has 0 spiro atoms. The maximum absolute atomic E-state index is 12.6. The van der Waals surface area contributed by atoms with Crippen LogP contribution in [0.3, 0.4) is 0 Å². The smallest absolute Gasteiger partial charge is 0.193 e. The first-order valence-electron chi connectivity index (χ1n) is 17.6. The summed E-state index contributed by atoms with van der Waals surface area (Å²) < 4.78 is 2.27. The molecule has 3 aliphatic carbocycles. The minimum absolute atomic E-state index is 0.0552. The molecule has 0 amide bonds. The van der Waals surface area contributed by atoms with E-state index >= 15 is 0 Å². The third kappa shape index (κ3) is 10.5. The fraction of sp³-hybridized carbons (Fsp3) is 0.452. The number of allylic oxidation sites excluding steroid dienone is 1. The molecule has 0 N–H and O–H groups in total. The van der Waals surface area contributed by atoms with Crippen LogP contribution in [-0.2, 0) is 13.0 Å².